The normalized spacial score (nSPS) is 27.3. The van der Waals surface area contributed by atoms with E-state index in [0.717, 1.165) is 36.1 Å². The van der Waals surface area contributed by atoms with Crippen molar-refractivity contribution < 1.29 is 0 Å². The van der Waals surface area contributed by atoms with Gasteiger partial charge in [-0.05, 0) is 67.3 Å². The van der Waals surface area contributed by atoms with Gasteiger partial charge in [0.25, 0.3) is 0 Å². The van der Waals surface area contributed by atoms with Crippen LogP contribution in [0.2, 0.25) is 0 Å². The maximum absolute atomic E-state index is 4.73. The van der Waals surface area contributed by atoms with Gasteiger partial charge in [-0.2, -0.15) is 0 Å². The summed E-state index contributed by atoms with van der Waals surface area (Å²) in [6.07, 6.45) is 14.7. The van der Waals surface area contributed by atoms with Crippen LogP contribution in [-0.4, -0.2) is 34.5 Å². The number of hydrogen-bond donors (Lipinski definition) is 0. The third-order valence-corrected chi connectivity index (χ3v) is 6.30. The highest BCUT2D eigenvalue weighted by Crippen LogP contribution is 2.34. The molecule has 1 aromatic carbocycles. The molecule has 0 spiro atoms. The average molecular weight is 331 g/mol. The van der Waals surface area contributed by atoms with E-state index >= 15 is 0 Å². The highest BCUT2D eigenvalue weighted by Gasteiger charge is 2.32. The second-order valence-corrected chi connectivity index (χ2v) is 7.83. The number of benzene rings is 1. The zero-order valence-corrected chi connectivity index (χ0v) is 14.7. The highest BCUT2D eigenvalue weighted by molar-refractivity contribution is 5.78. The van der Waals surface area contributed by atoms with E-state index < -0.39 is 0 Å². The Balaban J connectivity index is 1.34. The van der Waals surface area contributed by atoms with Crippen LogP contribution >= 0.6 is 0 Å². The molecule has 1 aromatic heterocycles. The van der Waals surface area contributed by atoms with Crippen LogP contribution in [0.3, 0.4) is 0 Å². The molecule has 3 heterocycles. The van der Waals surface area contributed by atoms with Crippen molar-refractivity contribution in [2.75, 3.05) is 19.6 Å². The number of rotatable bonds is 3. The van der Waals surface area contributed by atoms with Crippen molar-refractivity contribution in [1.82, 2.24) is 14.9 Å². The zero-order valence-electron chi connectivity index (χ0n) is 14.7. The first-order chi connectivity index (χ1) is 12.4. The molecule has 0 N–H and O–H groups in total. The number of aromatic nitrogens is 2. The Morgan fingerprint density at radius 2 is 2.00 bits per heavy atom. The van der Waals surface area contributed by atoms with E-state index in [1.165, 1.54) is 55.6 Å². The van der Waals surface area contributed by atoms with Crippen molar-refractivity contribution in [2.24, 2.45) is 11.8 Å². The van der Waals surface area contributed by atoms with Crippen LogP contribution in [0.25, 0.3) is 17.2 Å². The highest BCUT2D eigenvalue weighted by atomic mass is 15.1. The molecule has 3 aliphatic rings. The van der Waals surface area contributed by atoms with Crippen molar-refractivity contribution in [3.8, 4) is 11.1 Å². The van der Waals surface area contributed by atoms with Gasteiger partial charge in [-0.25, -0.2) is 9.97 Å². The standard InChI is InChI=1S/C22H25N3/c1-4-16-5-2-8-21(20(16)7-1)19-13-23-22(24-14-19)12-17-9-11-25-10-3-6-18(17)15-25/h1-2,5,7-8,13-14,17-18H,3-4,6,9-12,15H2. The molecule has 3 atom stereocenters. The van der Waals surface area contributed by atoms with Gasteiger partial charge in [0.15, 0.2) is 0 Å². The zero-order chi connectivity index (χ0) is 16.6. The molecule has 25 heavy (non-hydrogen) atoms. The Bertz CT molecular complexity index is 793. The molecule has 128 valence electrons. The molecule has 0 saturated carbocycles. The summed E-state index contributed by atoms with van der Waals surface area (Å²) in [5.74, 6) is 2.65. The van der Waals surface area contributed by atoms with E-state index in [2.05, 4.69) is 35.3 Å². The largest absolute Gasteiger partial charge is 0.303 e. The topological polar surface area (TPSA) is 29.0 Å². The average Bonchev–Trinajstić information content (AvgIpc) is 3.14. The number of piperidine rings is 2. The monoisotopic (exact) mass is 331 g/mol. The molecule has 2 bridgehead atoms. The van der Waals surface area contributed by atoms with E-state index in [9.17, 15) is 0 Å². The molecule has 1 aliphatic carbocycles. The first kappa shape index (κ1) is 15.3. The number of fused-ring (bicyclic) bond motifs is 3. The molecular formula is C22H25N3. The molecule has 2 aliphatic heterocycles. The predicted molar refractivity (Wildman–Crippen MR) is 101 cm³/mol. The molecule has 0 amide bonds. The summed E-state index contributed by atoms with van der Waals surface area (Å²) in [7, 11) is 0. The minimum Gasteiger partial charge on any atom is -0.303 e. The Hall–Kier alpha value is -2.00. The quantitative estimate of drug-likeness (QED) is 0.851. The third-order valence-electron chi connectivity index (χ3n) is 6.30. The van der Waals surface area contributed by atoms with Crippen molar-refractivity contribution in [3.05, 3.63) is 53.6 Å². The van der Waals surface area contributed by atoms with Crippen molar-refractivity contribution in [1.29, 1.82) is 0 Å². The van der Waals surface area contributed by atoms with E-state index in [0.29, 0.717) is 0 Å². The van der Waals surface area contributed by atoms with Gasteiger partial charge in [-0.15, -0.1) is 0 Å². The van der Waals surface area contributed by atoms with Gasteiger partial charge < -0.3 is 4.90 Å². The van der Waals surface area contributed by atoms with Gasteiger partial charge in [-0.1, -0.05) is 30.4 Å². The summed E-state index contributed by atoms with van der Waals surface area (Å²) in [6, 6.07) is 6.54. The van der Waals surface area contributed by atoms with Crippen LogP contribution in [0, 0.1) is 11.8 Å². The molecule has 3 heteroatoms. The van der Waals surface area contributed by atoms with Crippen molar-refractivity contribution >= 4 is 6.08 Å². The summed E-state index contributed by atoms with van der Waals surface area (Å²) >= 11 is 0. The summed E-state index contributed by atoms with van der Waals surface area (Å²) in [4.78, 5) is 12.1. The molecular weight excluding hydrogens is 306 g/mol. The summed E-state index contributed by atoms with van der Waals surface area (Å²) in [6.45, 7) is 3.87. The van der Waals surface area contributed by atoms with Gasteiger partial charge in [0.1, 0.15) is 5.82 Å². The summed E-state index contributed by atoms with van der Waals surface area (Å²) in [5.41, 5.74) is 5.15. The van der Waals surface area contributed by atoms with E-state index in [1.54, 1.807) is 0 Å². The number of nitrogens with zero attached hydrogens (tertiary/aromatic N) is 3. The van der Waals surface area contributed by atoms with Crippen LogP contribution in [-0.2, 0) is 12.8 Å². The molecule has 2 fully saturated rings. The van der Waals surface area contributed by atoms with Crippen LogP contribution in [0.15, 0.2) is 36.7 Å². The Morgan fingerprint density at radius 1 is 1.08 bits per heavy atom. The third kappa shape index (κ3) is 2.91. The number of hydrogen-bond acceptors (Lipinski definition) is 3. The minimum atomic E-state index is 0.770. The molecule has 3 nitrogen and oxygen atoms in total. The lowest BCUT2D eigenvalue weighted by atomic mass is 9.78. The first-order valence-corrected chi connectivity index (χ1v) is 9.69. The minimum absolute atomic E-state index is 0.770. The molecule has 2 saturated heterocycles. The molecule has 0 radical (unpaired) electrons. The predicted octanol–water partition coefficient (Wildman–Crippen LogP) is 3.99. The smallest absolute Gasteiger partial charge is 0.128 e. The van der Waals surface area contributed by atoms with Gasteiger partial charge in [0.05, 0.1) is 0 Å². The van der Waals surface area contributed by atoms with Gasteiger partial charge >= 0.3 is 0 Å². The van der Waals surface area contributed by atoms with Gasteiger partial charge in [0, 0.05) is 30.9 Å². The summed E-state index contributed by atoms with van der Waals surface area (Å²) in [5, 5.41) is 0. The van der Waals surface area contributed by atoms with E-state index in [-0.39, 0.29) is 0 Å². The lowest BCUT2D eigenvalue weighted by molar-refractivity contribution is 0.0731. The lowest BCUT2D eigenvalue weighted by Crippen LogP contribution is -2.45. The van der Waals surface area contributed by atoms with Gasteiger partial charge in [0.2, 0.25) is 0 Å². The molecule has 2 aromatic rings. The fourth-order valence-corrected chi connectivity index (χ4v) is 4.91. The Morgan fingerprint density at radius 3 is 2.92 bits per heavy atom. The van der Waals surface area contributed by atoms with Crippen LogP contribution in [0.1, 0.15) is 36.2 Å². The van der Waals surface area contributed by atoms with Gasteiger partial charge in [-0.3, -0.25) is 0 Å². The van der Waals surface area contributed by atoms with Crippen LogP contribution < -0.4 is 0 Å². The Labute approximate surface area is 149 Å². The Kier molecular flexibility index (Phi) is 3.90. The van der Waals surface area contributed by atoms with E-state index in [1.807, 2.05) is 12.4 Å². The van der Waals surface area contributed by atoms with Crippen molar-refractivity contribution in [2.45, 2.75) is 32.1 Å². The lowest BCUT2D eigenvalue weighted by Gasteiger charge is -2.42. The fourth-order valence-electron chi connectivity index (χ4n) is 4.91. The first-order valence-electron chi connectivity index (χ1n) is 9.69. The van der Waals surface area contributed by atoms with Crippen LogP contribution in [0.5, 0.6) is 0 Å². The summed E-state index contributed by atoms with van der Waals surface area (Å²) < 4.78 is 0. The SMILES string of the molecule is C1=Cc2c(cccc2-c2cnc(CC3CCN4CCCC3C4)nc2)C1. The number of allylic oxidation sites excluding steroid dienone is 1. The maximum Gasteiger partial charge on any atom is 0.128 e. The van der Waals surface area contributed by atoms with Crippen LogP contribution in [0.4, 0.5) is 0 Å². The van der Waals surface area contributed by atoms with E-state index in [4.69, 9.17) is 9.97 Å². The molecule has 3 unspecified atom stereocenters. The molecule has 5 rings (SSSR count). The fraction of sp³-hybridized carbons (Fsp3) is 0.455. The van der Waals surface area contributed by atoms with Crippen molar-refractivity contribution in [3.63, 3.8) is 0 Å². The second kappa shape index (κ2) is 6.38. The maximum atomic E-state index is 4.73. The second-order valence-electron chi connectivity index (χ2n) is 7.83.